The molecule has 4 heteroatoms. The van der Waals surface area contributed by atoms with E-state index in [0.29, 0.717) is 6.54 Å². The Kier molecular flexibility index (Phi) is 5.98. The predicted molar refractivity (Wildman–Crippen MR) is 88.8 cm³/mol. The molecule has 2 rings (SSSR count). The summed E-state index contributed by atoms with van der Waals surface area (Å²) < 4.78 is 0. The third kappa shape index (κ3) is 4.31. The van der Waals surface area contributed by atoms with Crippen molar-refractivity contribution in [3.63, 3.8) is 0 Å². The van der Waals surface area contributed by atoms with E-state index in [0.717, 1.165) is 6.42 Å². The molecule has 0 aliphatic heterocycles. The molecule has 0 fully saturated rings. The van der Waals surface area contributed by atoms with E-state index < -0.39 is 0 Å². The van der Waals surface area contributed by atoms with Gasteiger partial charge in [-0.05, 0) is 63.3 Å². The lowest BCUT2D eigenvalue weighted by Crippen LogP contribution is -2.41. The maximum Gasteiger partial charge on any atom is 0.234 e. The van der Waals surface area contributed by atoms with Gasteiger partial charge in [0.1, 0.15) is 0 Å². The third-order valence-electron chi connectivity index (χ3n) is 4.66. The Balaban J connectivity index is 1.94. The summed E-state index contributed by atoms with van der Waals surface area (Å²) in [7, 11) is 1.85. The van der Waals surface area contributed by atoms with Crippen molar-refractivity contribution in [2.75, 3.05) is 20.2 Å². The Bertz CT molecular complexity index is 516. The maximum atomic E-state index is 12.1. The van der Waals surface area contributed by atoms with E-state index in [9.17, 15) is 4.79 Å². The number of likely N-dealkylation sites (N-methyl/N-ethyl adjacent to an activating group) is 1. The number of hydrogen-bond donors (Lipinski definition) is 2. The summed E-state index contributed by atoms with van der Waals surface area (Å²) in [6, 6.07) is 6.60. The van der Waals surface area contributed by atoms with Crippen LogP contribution in [0.15, 0.2) is 18.2 Å². The van der Waals surface area contributed by atoms with Crippen LogP contribution in [-0.2, 0) is 17.6 Å². The van der Waals surface area contributed by atoms with Crippen molar-refractivity contribution in [3.8, 4) is 0 Å². The van der Waals surface area contributed by atoms with Crippen molar-refractivity contribution >= 4 is 5.91 Å². The smallest absolute Gasteiger partial charge is 0.234 e. The molecular weight excluding hydrogens is 276 g/mol. The van der Waals surface area contributed by atoms with Gasteiger partial charge in [0.05, 0.1) is 19.2 Å². The minimum absolute atomic E-state index is 0.00646. The molecule has 1 aliphatic carbocycles. The average Bonchev–Trinajstić information content (AvgIpc) is 2.53. The van der Waals surface area contributed by atoms with Crippen LogP contribution in [0.1, 0.15) is 49.4 Å². The number of benzene rings is 1. The number of amides is 1. The van der Waals surface area contributed by atoms with E-state index in [4.69, 9.17) is 5.11 Å². The first-order valence-corrected chi connectivity index (χ1v) is 8.23. The Morgan fingerprint density at radius 3 is 2.64 bits per heavy atom. The summed E-state index contributed by atoms with van der Waals surface area (Å²) in [4.78, 5) is 14.0. The summed E-state index contributed by atoms with van der Waals surface area (Å²) in [5, 5.41) is 12.2. The van der Waals surface area contributed by atoms with Gasteiger partial charge in [-0.25, -0.2) is 0 Å². The van der Waals surface area contributed by atoms with E-state index >= 15 is 0 Å². The molecule has 0 saturated carbocycles. The van der Waals surface area contributed by atoms with Gasteiger partial charge in [-0.2, -0.15) is 0 Å². The lowest BCUT2D eigenvalue weighted by atomic mass is 9.89. The Hall–Kier alpha value is -1.39. The van der Waals surface area contributed by atoms with E-state index in [-0.39, 0.29) is 24.6 Å². The highest BCUT2D eigenvalue weighted by molar-refractivity contribution is 5.78. The molecular formula is C18H28N2O2. The van der Waals surface area contributed by atoms with Crippen LogP contribution in [-0.4, -0.2) is 42.2 Å². The topological polar surface area (TPSA) is 52.6 Å². The highest BCUT2D eigenvalue weighted by Crippen LogP contribution is 2.24. The number of carbonyl (C=O) groups is 1. The lowest BCUT2D eigenvalue weighted by molar-refractivity contribution is -0.123. The zero-order chi connectivity index (χ0) is 16.1. The van der Waals surface area contributed by atoms with Crippen LogP contribution in [0, 0.1) is 0 Å². The number of aliphatic hydroxyl groups excluding tert-OH is 1. The van der Waals surface area contributed by atoms with Crippen LogP contribution in [0.25, 0.3) is 0 Å². The van der Waals surface area contributed by atoms with Crippen LogP contribution in [0.3, 0.4) is 0 Å². The van der Waals surface area contributed by atoms with Crippen LogP contribution < -0.4 is 5.32 Å². The lowest BCUT2D eigenvalue weighted by Gasteiger charge is -2.24. The molecule has 1 aromatic carbocycles. The number of rotatable bonds is 6. The number of nitrogens with zero attached hydrogens (tertiary/aromatic N) is 1. The van der Waals surface area contributed by atoms with Gasteiger partial charge in [-0.3, -0.25) is 9.69 Å². The second-order valence-electron chi connectivity index (χ2n) is 6.47. The van der Waals surface area contributed by atoms with Gasteiger partial charge in [0.2, 0.25) is 5.91 Å². The van der Waals surface area contributed by atoms with Crippen molar-refractivity contribution in [2.24, 2.45) is 0 Å². The van der Waals surface area contributed by atoms with Gasteiger partial charge in [-0.15, -0.1) is 0 Å². The van der Waals surface area contributed by atoms with Crippen molar-refractivity contribution < 1.29 is 9.90 Å². The number of fused-ring (bicyclic) bond motifs is 1. The van der Waals surface area contributed by atoms with Gasteiger partial charge < -0.3 is 10.4 Å². The van der Waals surface area contributed by atoms with Crippen LogP contribution in [0.4, 0.5) is 0 Å². The summed E-state index contributed by atoms with van der Waals surface area (Å²) in [6.07, 6.45) is 4.88. The molecule has 2 atom stereocenters. The molecule has 122 valence electrons. The van der Waals surface area contributed by atoms with E-state index in [1.165, 1.54) is 36.0 Å². The van der Waals surface area contributed by atoms with Gasteiger partial charge in [0.15, 0.2) is 0 Å². The summed E-state index contributed by atoms with van der Waals surface area (Å²) in [5.74, 6) is -0.00646. The Labute approximate surface area is 133 Å². The molecule has 2 unspecified atom stereocenters. The van der Waals surface area contributed by atoms with Gasteiger partial charge in [0, 0.05) is 6.04 Å². The van der Waals surface area contributed by atoms with E-state index in [2.05, 4.69) is 23.5 Å². The summed E-state index contributed by atoms with van der Waals surface area (Å²) >= 11 is 0. The largest absolute Gasteiger partial charge is 0.395 e. The molecule has 1 amide bonds. The molecule has 0 heterocycles. The minimum Gasteiger partial charge on any atom is -0.395 e. The number of carbonyl (C=O) groups excluding carboxylic acids is 1. The molecule has 2 N–H and O–H groups in total. The van der Waals surface area contributed by atoms with Crippen LogP contribution in [0.5, 0.6) is 0 Å². The molecule has 0 saturated heterocycles. The van der Waals surface area contributed by atoms with Crippen molar-refractivity contribution in [1.29, 1.82) is 0 Å². The molecule has 1 aromatic rings. The van der Waals surface area contributed by atoms with Crippen LogP contribution >= 0.6 is 0 Å². The standard InChI is InChI=1S/C18H28N2O2/c1-13(12-21)20(3)11-18(22)19-14(2)16-9-8-15-6-4-5-7-17(15)10-16/h8-10,13-14,21H,4-7,11-12H2,1-3H3,(H,19,22). The second kappa shape index (κ2) is 7.75. The van der Waals surface area contributed by atoms with Gasteiger partial charge in [-0.1, -0.05) is 18.2 Å². The normalized spacial score (nSPS) is 17.0. The Morgan fingerprint density at radius 2 is 1.95 bits per heavy atom. The fraction of sp³-hybridized carbons (Fsp3) is 0.611. The second-order valence-corrected chi connectivity index (χ2v) is 6.47. The van der Waals surface area contributed by atoms with Gasteiger partial charge >= 0.3 is 0 Å². The first-order valence-electron chi connectivity index (χ1n) is 8.23. The SMILES string of the molecule is CC(NC(=O)CN(C)C(C)CO)c1ccc2c(c1)CCCC2. The maximum absolute atomic E-state index is 12.1. The molecule has 4 nitrogen and oxygen atoms in total. The fourth-order valence-electron chi connectivity index (χ4n) is 2.91. The average molecular weight is 304 g/mol. The highest BCUT2D eigenvalue weighted by atomic mass is 16.3. The van der Waals surface area contributed by atoms with Crippen molar-refractivity contribution in [3.05, 3.63) is 34.9 Å². The monoisotopic (exact) mass is 304 g/mol. The molecule has 0 spiro atoms. The predicted octanol–water partition coefficient (Wildman–Crippen LogP) is 2.06. The van der Waals surface area contributed by atoms with E-state index in [1.807, 2.05) is 25.8 Å². The number of hydrogen-bond acceptors (Lipinski definition) is 3. The number of aryl methyl sites for hydroxylation is 2. The number of aliphatic hydroxyl groups is 1. The minimum atomic E-state index is -0.00944. The Morgan fingerprint density at radius 1 is 1.27 bits per heavy atom. The first-order chi connectivity index (χ1) is 10.5. The zero-order valence-electron chi connectivity index (χ0n) is 13.9. The molecule has 22 heavy (non-hydrogen) atoms. The highest BCUT2D eigenvalue weighted by Gasteiger charge is 2.16. The third-order valence-corrected chi connectivity index (χ3v) is 4.66. The van der Waals surface area contributed by atoms with Gasteiger partial charge in [0.25, 0.3) is 0 Å². The van der Waals surface area contributed by atoms with E-state index in [1.54, 1.807) is 0 Å². The summed E-state index contributed by atoms with van der Waals surface area (Å²) in [6.45, 7) is 4.29. The molecule has 0 radical (unpaired) electrons. The molecule has 0 aromatic heterocycles. The fourth-order valence-corrected chi connectivity index (χ4v) is 2.91. The number of nitrogens with one attached hydrogen (secondary N) is 1. The molecule has 1 aliphatic rings. The van der Waals surface area contributed by atoms with Crippen molar-refractivity contribution in [2.45, 2.75) is 51.6 Å². The first kappa shape index (κ1) is 17.0. The molecule has 0 bridgehead atoms. The van der Waals surface area contributed by atoms with Crippen molar-refractivity contribution in [1.82, 2.24) is 10.2 Å². The quantitative estimate of drug-likeness (QED) is 0.846. The van der Waals surface area contributed by atoms with Crippen LogP contribution in [0.2, 0.25) is 0 Å². The zero-order valence-corrected chi connectivity index (χ0v) is 13.9. The summed E-state index contributed by atoms with van der Waals surface area (Å²) in [5.41, 5.74) is 4.08.